The van der Waals surface area contributed by atoms with Gasteiger partial charge in [-0.25, -0.2) is 9.97 Å². The van der Waals surface area contributed by atoms with Crippen molar-refractivity contribution < 1.29 is 13.2 Å². The molecule has 0 aliphatic heterocycles. The molecule has 2 aromatic heterocycles. The number of nitrogens with zero attached hydrogens (tertiary/aromatic N) is 3. The first-order valence-electron chi connectivity index (χ1n) is 6.80. The fourth-order valence-electron chi connectivity index (χ4n) is 2.50. The van der Waals surface area contributed by atoms with Crippen LogP contribution in [-0.4, -0.2) is 14.5 Å². The number of fused-ring (bicyclic) bond motifs is 1. The van der Waals surface area contributed by atoms with Gasteiger partial charge in [-0.2, -0.15) is 13.2 Å². The summed E-state index contributed by atoms with van der Waals surface area (Å²) in [6, 6.07) is 1.19. The Labute approximate surface area is 114 Å². The van der Waals surface area contributed by atoms with E-state index in [2.05, 4.69) is 9.97 Å². The van der Waals surface area contributed by atoms with E-state index in [4.69, 9.17) is 0 Å². The summed E-state index contributed by atoms with van der Waals surface area (Å²) in [6.45, 7) is 3.93. The van der Waals surface area contributed by atoms with E-state index in [0.717, 1.165) is 18.3 Å². The van der Waals surface area contributed by atoms with E-state index in [1.165, 1.54) is 19.0 Å². The number of pyridine rings is 1. The van der Waals surface area contributed by atoms with E-state index in [1.54, 1.807) is 0 Å². The summed E-state index contributed by atoms with van der Waals surface area (Å²) in [5.74, 6) is 1.51. The first-order chi connectivity index (χ1) is 9.36. The summed E-state index contributed by atoms with van der Waals surface area (Å²) >= 11 is 0. The molecule has 0 aromatic carbocycles. The van der Waals surface area contributed by atoms with Crippen LogP contribution in [0.1, 0.15) is 44.2 Å². The number of halogens is 3. The number of alkyl halides is 3. The minimum absolute atomic E-state index is 0.0808. The Hall–Kier alpha value is -1.59. The van der Waals surface area contributed by atoms with Crippen molar-refractivity contribution in [1.82, 2.24) is 14.5 Å². The molecular formula is C14H16F3N3. The Bertz CT molecular complexity index is 639. The lowest BCUT2D eigenvalue weighted by atomic mass is 10.2. The molecular weight excluding hydrogens is 267 g/mol. The SMILES string of the molecule is CC(C)n1c(CC2CC2)nc2cnc(C(F)(F)F)cc21. The quantitative estimate of drug-likeness (QED) is 0.853. The van der Waals surface area contributed by atoms with Crippen LogP contribution in [0.4, 0.5) is 13.2 Å². The van der Waals surface area contributed by atoms with Crippen molar-refractivity contribution >= 4 is 11.0 Å². The highest BCUT2D eigenvalue weighted by Gasteiger charge is 2.33. The third-order valence-electron chi connectivity index (χ3n) is 3.62. The van der Waals surface area contributed by atoms with Crippen molar-refractivity contribution in [2.75, 3.05) is 0 Å². The lowest BCUT2D eigenvalue weighted by Crippen LogP contribution is -2.10. The highest BCUT2D eigenvalue weighted by Crippen LogP contribution is 2.35. The summed E-state index contributed by atoms with van der Waals surface area (Å²) in [7, 11) is 0. The summed E-state index contributed by atoms with van der Waals surface area (Å²) in [5.41, 5.74) is 0.213. The summed E-state index contributed by atoms with van der Waals surface area (Å²) in [6.07, 6.45) is 0.0271. The van der Waals surface area contributed by atoms with Crippen LogP contribution in [0.15, 0.2) is 12.3 Å². The van der Waals surface area contributed by atoms with Crippen LogP contribution in [0.5, 0.6) is 0 Å². The highest BCUT2D eigenvalue weighted by atomic mass is 19.4. The van der Waals surface area contributed by atoms with Gasteiger partial charge in [0, 0.05) is 12.5 Å². The fourth-order valence-corrected chi connectivity index (χ4v) is 2.50. The van der Waals surface area contributed by atoms with Crippen LogP contribution in [0.25, 0.3) is 11.0 Å². The Morgan fingerprint density at radius 1 is 1.35 bits per heavy atom. The van der Waals surface area contributed by atoms with Gasteiger partial charge >= 0.3 is 6.18 Å². The van der Waals surface area contributed by atoms with E-state index in [-0.39, 0.29) is 6.04 Å². The van der Waals surface area contributed by atoms with Gasteiger partial charge in [0.2, 0.25) is 0 Å². The first kappa shape index (κ1) is 13.4. The van der Waals surface area contributed by atoms with E-state index >= 15 is 0 Å². The largest absolute Gasteiger partial charge is 0.433 e. The van der Waals surface area contributed by atoms with E-state index < -0.39 is 11.9 Å². The Kier molecular flexibility index (Phi) is 2.99. The fraction of sp³-hybridized carbons (Fsp3) is 0.571. The van der Waals surface area contributed by atoms with Gasteiger partial charge in [0.25, 0.3) is 0 Å². The number of rotatable bonds is 3. The zero-order valence-corrected chi connectivity index (χ0v) is 11.4. The summed E-state index contributed by atoms with van der Waals surface area (Å²) in [4.78, 5) is 7.96. The van der Waals surface area contributed by atoms with Crippen molar-refractivity contribution in [1.29, 1.82) is 0 Å². The van der Waals surface area contributed by atoms with Crippen molar-refractivity contribution in [3.05, 3.63) is 23.8 Å². The van der Waals surface area contributed by atoms with Gasteiger partial charge in [-0.1, -0.05) is 0 Å². The molecule has 2 heterocycles. The van der Waals surface area contributed by atoms with Gasteiger partial charge in [-0.05, 0) is 38.7 Å². The zero-order chi connectivity index (χ0) is 14.5. The van der Waals surface area contributed by atoms with Crippen LogP contribution < -0.4 is 0 Å². The molecule has 20 heavy (non-hydrogen) atoms. The number of aromatic nitrogens is 3. The Balaban J connectivity index is 2.14. The topological polar surface area (TPSA) is 30.7 Å². The smallest absolute Gasteiger partial charge is 0.325 e. The van der Waals surface area contributed by atoms with Crippen LogP contribution >= 0.6 is 0 Å². The second-order valence-electron chi connectivity index (χ2n) is 5.70. The predicted octanol–water partition coefficient (Wildman–Crippen LogP) is 3.98. The molecule has 108 valence electrons. The molecule has 0 radical (unpaired) electrons. The Morgan fingerprint density at radius 3 is 2.60 bits per heavy atom. The van der Waals surface area contributed by atoms with Gasteiger partial charge in [-0.3, -0.25) is 0 Å². The normalized spacial score (nSPS) is 16.3. The minimum Gasteiger partial charge on any atom is -0.325 e. The zero-order valence-electron chi connectivity index (χ0n) is 11.4. The van der Waals surface area contributed by atoms with Crippen LogP contribution in [-0.2, 0) is 12.6 Å². The molecule has 1 aliphatic rings. The highest BCUT2D eigenvalue weighted by molar-refractivity contribution is 5.75. The molecule has 0 spiro atoms. The molecule has 2 aromatic rings. The molecule has 0 atom stereocenters. The van der Waals surface area contributed by atoms with E-state index in [9.17, 15) is 13.2 Å². The third-order valence-corrected chi connectivity index (χ3v) is 3.62. The van der Waals surface area contributed by atoms with Gasteiger partial charge < -0.3 is 4.57 Å². The maximum Gasteiger partial charge on any atom is 0.433 e. The molecule has 3 nitrogen and oxygen atoms in total. The maximum absolute atomic E-state index is 12.8. The second-order valence-corrected chi connectivity index (χ2v) is 5.70. The van der Waals surface area contributed by atoms with Crippen molar-refractivity contribution in [3.63, 3.8) is 0 Å². The molecule has 0 N–H and O–H groups in total. The molecule has 0 unspecified atom stereocenters. The van der Waals surface area contributed by atoms with Crippen molar-refractivity contribution in [2.45, 2.75) is 45.3 Å². The second kappa shape index (κ2) is 4.46. The lowest BCUT2D eigenvalue weighted by Gasteiger charge is -2.13. The molecule has 0 amide bonds. The molecule has 1 fully saturated rings. The average molecular weight is 283 g/mol. The van der Waals surface area contributed by atoms with Crippen molar-refractivity contribution in [2.24, 2.45) is 5.92 Å². The number of imidazole rings is 1. The average Bonchev–Trinajstić information content (AvgIpc) is 3.06. The Morgan fingerprint density at radius 2 is 2.05 bits per heavy atom. The van der Waals surface area contributed by atoms with Crippen LogP contribution in [0, 0.1) is 5.92 Å². The molecule has 1 aliphatic carbocycles. The maximum atomic E-state index is 12.8. The van der Waals surface area contributed by atoms with Crippen LogP contribution in [0.3, 0.4) is 0 Å². The monoisotopic (exact) mass is 283 g/mol. The first-order valence-corrected chi connectivity index (χ1v) is 6.80. The van der Waals surface area contributed by atoms with Gasteiger partial charge in [-0.15, -0.1) is 0 Å². The summed E-state index contributed by atoms with van der Waals surface area (Å²) < 4.78 is 40.3. The summed E-state index contributed by atoms with van der Waals surface area (Å²) in [5, 5.41) is 0. The minimum atomic E-state index is -4.42. The molecule has 0 bridgehead atoms. The lowest BCUT2D eigenvalue weighted by molar-refractivity contribution is -0.141. The van der Waals surface area contributed by atoms with Crippen molar-refractivity contribution in [3.8, 4) is 0 Å². The van der Waals surface area contributed by atoms with Gasteiger partial charge in [0.05, 0.1) is 11.7 Å². The molecule has 3 rings (SSSR count). The molecule has 1 saturated carbocycles. The third kappa shape index (κ3) is 2.39. The van der Waals surface area contributed by atoms with E-state index in [1.807, 2.05) is 18.4 Å². The molecule has 0 saturated heterocycles. The standard InChI is InChI=1S/C14H16F3N3/c1-8(2)20-11-6-12(14(15,16)17)18-7-10(11)19-13(20)5-9-3-4-9/h6-9H,3-5H2,1-2H3. The molecule has 6 heteroatoms. The van der Waals surface area contributed by atoms with Gasteiger partial charge in [0.15, 0.2) is 0 Å². The predicted molar refractivity (Wildman–Crippen MR) is 69.3 cm³/mol. The van der Waals surface area contributed by atoms with E-state index in [0.29, 0.717) is 17.0 Å². The van der Waals surface area contributed by atoms with Crippen LogP contribution in [0.2, 0.25) is 0 Å². The number of hydrogen-bond donors (Lipinski definition) is 0. The number of hydrogen-bond acceptors (Lipinski definition) is 2. The van der Waals surface area contributed by atoms with Gasteiger partial charge in [0.1, 0.15) is 17.0 Å².